The highest BCUT2D eigenvalue weighted by atomic mass is 35.5. The van der Waals surface area contributed by atoms with E-state index in [4.69, 9.17) is 23.2 Å². The van der Waals surface area contributed by atoms with Crippen molar-refractivity contribution in [3.05, 3.63) is 69.2 Å². The van der Waals surface area contributed by atoms with Gasteiger partial charge in [-0.3, -0.25) is 4.79 Å². The first-order valence-electron chi connectivity index (χ1n) is 7.25. The second-order valence-corrected chi connectivity index (χ2v) is 6.17. The summed E-state index contributed by atoms with van der Waals surface area (Å²) in [6, 6.07) is 11.3. The molecule has 1 atom stereocenters. The molecule has 0 heterocycles. The van der Waals surface area contributed by atoms with Crippen LogP contribution in [0.5, 0.6) is 0 Å². The van der Waals surface area contributed by atoms with Crippen molar-refractivity contribution < 1.29 is 14.3 Å². The molecule has 0 aliphatic heterocycles. The van der Waals surface area contributed by atoms with E-state index in [2.05, 4.69) is 4.74 Å². The summed E-state index contributed by atoms with van der Waals surface area (Å²) in [6.45, 7) is 1.88. The van der Waals surface area contributed by atoms with Crippen molar-refractivity contribution in [3.63, 3.8) is 0 Å². The Kier molecular flexibility index (Phi) is 5.86. The number of hydrogen-bond donors (Lipinski definition) is 0. The number of esters is 1. The minimum Gasteiger partial charge on any atom is -0.465 e. The highest BCUT2D eigenvalue weighted by Crippen LogP contribution is 2.29. The summed E-state index contributed by atoms with van der Waals surface area (Å²) in [6.07, 6.45) is 0. The molecule has 24 heavy (non-hydrogen) atoms. The molecule has 0 aromatic heterocycles. The standard InChI is InChI=1S/C18H17Cl2NO3/c1-11(15-9-8-14(19)10-16(15)20)21(2)17(22)12-4-6-13(7-5-12)18(23)24-3/h4-11H,1-3H3/t11-/m1/s1. The van der Waals surface area contributed by atoms with E-state index < -0.39 is 5.97 Å². The maximum absolute atomic E-state index is 12.6. The van der Waals surface area contributed by atoms with Crippen molar-refractivity contribution in [1.82, 2.24) is 4.90 Å². The first-order chi connectivity index (χ1) is 11.3. The van der Waals surface area contributed by atoms with Gasteiger partial charge < -0.3 is 9.64 Å². The van der Waals surface area contributed by atoms with Crippen LogP contribution in [0, 0.1) is 0 Å². The molecule has 0 spiro atoms. The van der Waals surface area contributed by atoms with Gasteiger partial charge in [-0.15, -0.1) is 0 Å². The topological polar surface area (TPSA) is 46.6 Å². The lowest BCUT2D eigenvalue weighted by Gasteiger charge is -2.26. The fourth-order valence-corrected chi connectivity index (χ4v) is 2.86. The van der Waals surface area contributed by atoms with E-state index in [0.29, 0.717) is 21.2 Å². The second kappa shape index (κ2) is 7.69. The molecule has 2 aromatic rings. The predicted octanol–water partition coefficient (Wildman–Crippen LogP) is 4.61. The van der Waals surface area contributed by atoms with Crippen molar-refractivity contribution in [2.75, 3.05) is 14.2 Å². The molecule has 0 N–H and O–H groups in total. The summed E-state index contributed by atoms with van der Waals surface area (Å²) in [5, 5.41) is 1.05. The van der Waals surface area contributed by atoms with Crippen LogP contribution in [0.3, 0.4) is 0 Å². The molecule has 126 valence electrons. The predicted molar refractivity (Wildman–Crippen MR) is 94.8 cm³/mol. The summed E-state index contributed by atoms with van der Waals surface area (Å²) >= 11 is 12.1. The van der Waals surface area contributed by atoms with Crippen LogP contribution in [0.4, 0.5) is 0 Å². The summed E-state index contributed by atoms with van der Waals surface area (Å²) in [4.78, 5) is 25.7. The Balaban J connectivity index is 2.20. The Labute approximate surface area is 150 Å². The van der Waals surface area contributed by atoms with Crippen LogP contribution < -0.4 is 0 Å². The number of benzene rings is 2. The highest BCUT2D eigenvalue weighted by molar-refractivity contribution is 6.35. The van der Waals surface area contributed by atoms with Crippen molar-refractivity contribution in [1.29, 1.82) is 0 Å². The summed E-state index contributed by atoms with van der Waals surface area (Å²) < 4.78 is 4.64. The molecule has 0 aliphatic rings. The van der Waals surface area contributed by atoms with E-state index in [1.165, 1.54) is 7.11 Å². The van der Waals surface area contributed by atoms with Crippen LogP contribution >= 0.6 is 23.2 Å². The zero-order chi connectivity index (χ0) is 17.9. The molecule has 0 aliphatic carbocycles. The quantitative estimate of drug-likeness (QED) is 0.743. The lowest BCUT2D eigenvalue weighted by Crippen LogP contribution is -2.29. The van der Waals surface area contributed by atoms with Crippen molar-refractivity contribution in [3.8, 4) is 0 Å². The molecule has 6 heteroatoms. The molecule has 0 saturated heterocycles. The van der Waals surface area contributed by atoms with Gasteiger partial charge in [0.2, 0.25) is 0 Å². The van der Waals surface area contributed by atoms with Crippen LogP contribution in [0.25, 0.3) is 0 Å². The number of halogens is 2. The molecular weight excluding hydrogens is 349 g/mol. The minimum absolute atomic E-state index is 0.176. The maximum atomic E-state index is 12.6. The Bertz CT molecular complexity index is 759. The van der Waals surface area contributed by atoms with Gasteiger partial charge in [0.15, 0.2) is 0 Å². The number of carbonyl (C=O) groups excluding carboxylic acids is 2. The van der Waals surface area contributed by atoms with Gasteiger partial charge in [-0.25, -0.2) is 4.79 Å². The fraction of sp³-hybridized carbons (Fsp3) is 0.222. The molecule has 0 saturated carbocycles. The van der Waals surface area contributed by atoms with Gasteiger partial charge in [-0.05, 0) is 48.9 Å². The molecular formula is C18H17Cl2NO3. The first kappa shape index (κ1) is 18.3. The normalized spacial score (nSPS) is 11.7. The Morgan fingerprint density at radius 3 is 2.17 bits per heavy atom. The number of ether oxygens (including phenoxy) is 1. The molecule has 0 radical (unpaired) electrons. The van der Waals surface area contributed by atoms with Crippen LogP contribution in [-0.2, 0) is 4.74 Å². The van der Waals surface area contributed by atoms with Crippen molar-refractivity contribution >= 4 is 35.1 Å². The lowest BCUT2D eigenvalue weighted by molar-refractivity contribution is 0.0599. The number of rotatable bonds is 4. The van der Waals surface area contributed by atoms with Gasteiger partial charge in [0, 0.05) is 22.7 Å². The smallest absolute Gasteiger partial charge is 0.337 e. The SMILES string of the molecule is COC(=O)c1ccc(C(=O)N(C)[C@H](C)c2ccc(Cl)cc2Cl)cc1. The van der Waals surface area contributed by atoms with Gasteiger partial charge in [-0.1, -0.05) is 29.3 Å². The average molecular weight is 366 g/mol. The maximum Gasteiger partial charge on any atom is 0.337 e. The van der Waals surface area contributed by atoms with Gasteiger partial charge in [0.25, 0.3) is 5.91 Å². The van der Waals surface area contributed by atoms with E-state index >= 15 is 0 Å². The van der Waals surface area contributed by atoms with Gasteiger partial charge in [0.05, 0.1) is 18.7 Å². The van der Waals surface area contributed by atoms with Crippen molar-refractivity contribution in [2.45, 2.75) is 13.0 Å². The van der Waals surface area contributed by atoms with Crippen LogP contribution in [0.2, 0.25) is 10.0 Å². The number of nitrogens with zero attached hydrogens (tertiary/aromatic N) is 1. The number of amides is 1. The van der Waals surface area contributed by atoms with E-state index in [-0.39, 0.29) is 11.9 Å². The minimum atomic E-state index is -0.441. The number of carbonyl (C=O) groups is 2. The molecule has 0 bridgehead atoms. The Morgan fingerprint density at radius 2 is 1.62 bits per heavy atom. The fourth-order valence-electron chi connectivity index (χ4n) is 2.30. The largest absolute Gasteiger partial charge is 0.465 e. The first-order valence-corrected chi connectivity index (χ1v) is 8.01. The van der Waals surface area contributed by atoms with E-state index in [0.717, 1.165) is 5.56 Å². The van der Waals surface area contributed by atoms with E-state index in [1.807, 2.05) is 6.92 Å². The molecule has 1 amide bonds. The lowest BCUT2D eigenvalue weighted by atomic mass is 10.1. The highest BCUT2D eigenvalue weighted by Gasteiger charge is 2.21. The molecule has 2 aromatic carbocycles. The number of hydrogen-bond acceptors (Lipinski definition) is 3. The summed E-state index contributed by atoms with van der Waals surface area (Å²) in [5.74, 6) is -0.617. The molecule has 0 fully saturated rings. The van der Waals surface area contributed by atoms with Crippen LogP contribution in [0.1, 0.15) is 39.2 Å². The van der Waals surface area contributed by atoms with Crippen LogP contribution in [-0.4, -0.2) is 30.9 Å². The molecule has 4 nitrogen and oxygen atoms in total. The second-order valence-electron chi connectivity index (χ2n) is 5.33. The zero-order valence-electron chi connectivity index (χ0n) is 13.5. The Hall–Kier alpha value is -2.04. The molecule has 2 rings (SSSR count). The zero-order valence-corrected chi connectivity index (χ0v) is 15.1. The van der Waals surface area contributed by atoms with Crippen LogP contribution in [0.15, 0.2) is 42.5 Å². The van der Waals surface area contributed by atoms with Gasteiger partial charge in [-0.2, -0.15) is 0 Å². The van der Waals surface area contributed by atoms with E-state index in [9.17, 15) is 9.59 Å². The van der Waals surface area contributed by atoms with Gasteiger partial charge in [0.1, 0.15) is 0 Å². The monoisotopic (exact) mass is 365 g/mol. The Morgan fingerprint density at radius 1 is 1.04 bits per heavy atom. The van der Waals surface area contributed by atoms with E-state index in [1.54, 1.807) is 54.4 Å². The number of methoxy groups -OCH3 is 1. The molecule has 0 unspecified atom stereocenters. The summed E-state index contributed by atoms with van der Waals surface area (Å²) in [7, 11) is 3.01. The third-order valence-corrected chi connectivity index (χ3v) is 4.43. The van der Waals surface area contributed by atoms with Crippen molar-refractivity contribution in [2.24, 2.45) is 0 Å². The van der Waals surface area contributed by atoms with Gasteiger partial charge >= 0.3 is 5.97 Å². The summed E-state index contributed by atoms with van der Waals surface area (Å²) in [5.41, 5.74) is 1.68. The third kappa shape index (κ3) is 3.89. The average Bonchev–Trinajstić information content (AvgIpc) is 2.59. The third-order valence-electron chi connectivity index (χ3n) is 3.87.